The third kappa shape index (κ3) is 2.80. The Morgan fingerprint density at radius 3 is 2.58 bits per heavy atom. The van der Waals surface area contributed by atoms with Gasteiger partial charge in [-0.15, -0.1) is 0 Å². The Morgan fingerprint density at radius 2 is 2.00 bits per heavy atom. The number of aromatic amines is 1. The van der Waals surface area contributed by atoms with Crippen molar-refractivity contribution in [2.24, 2.45) is 5.41 Å². The Balaban J connectivity index is 2.31. The van der Waals surface area contributed by atoms with Gasteiger partial charge in [-0.1, -0.05) is 38.6 Å². The molecule has 0 bridgehead atoms. The number of rotatable bonds is 2. The van der Waals surface area contributed by atoms with Crippen LogP contribution in [0.15, 0.2) is 28.3 Å². The van der Waals surface area contributed by atoms with Crippen LogP contribution in [0.25, 0.3) is 5.57 Å². The van der Waals surface area contributed by atoms with E-state index in [-0.39, 0.29) is 22.5 Å². The first-order valence-electron chi connectivity index (χ1n) is 8.08. The predicted octanol–water partition coefficient (Wildman–Crippen LogP) is 3.34. The van der Waals surface area contributed by atoms with Crippen LogP contribution in [-0.4, -0.2) is 20.7 Å². The maximum atomic E-state index is 12.3. The lowest BCUT2D eigenvalue weighted by Gasteiger charge is -2.28. The van der Waals surface area contributed by atoms with Gasteiger partial charge in [-0.3, -0.25) is 14.9 Å². The molecule has 1 aromatic rings. The smallest absolute Gasteiger partial charge is 0.344 e. The van der Waals surface area contributed by atoms with Gasteiger partial charge in [-0.25, -0.2) is 4.79 Å². The van der Waals surface area contributed by atoms with E-state index in [4.69, 9.17) is 17.0 Å². The number of nitrogens with one attached hydrogen (secondary N) is 1. The molecule has 3 rings (SSSR count). The molecule has 0 fully saturated rings. The van der Waals surface area contributed by atoms with Crippen LogP contribution < -0.4 is 5.56 Å². The van der Waals surface area contributed by atoms with Gasteiger partial charge in [-0.2, -0.15) is 0 Å². The van der Waals surface area contributed by atoms with E-state index in [1.54, 1.807) is 0 Å². The van der Waals surface area contributed by atoms with E-state index in [2.05, 4.69) is 4.98 Å². The van der Waals surface area contributed by atoms with Crippen LogP contribution in [0, 0.1) is 15.5 Å². The second kappa shape index (κ2) is 5.98. The van der Waals surface area contributed by atoms with E-state index in [1.807, 2.05) is 27.7 Å². The highest BCUT2D eigenvalue weighted by atomic mass is 32.1. The van der Waals surface area contributed by atoms with Crippen molar-refractivity contribution in [2.75, 3.05) is 0 Å². The van der Waals surface area contributed by atoms with Crippen molar-refractivity contribution in [3.05, 3.63) is 60.7 Å². The Hall–Kier alpha value is -2.61. The molecule has 26 heavy (non-hydrogen) atoms. The summed E-state index contributed by atoms with van der Waals surface area (Å²) in [4.78, 5) is 38.1. The Bertz CT molecular complexity index is 978. The van der Waals surface area contributed by atoms with Gasteiger partial charge in [0, 0.05) is 35.2 Å². The number of fused-ring (bicyclic) bond motifs is 1. The van der Waals surface area contributed by atoms with Crippen molar-refractivity contribution >= 4 is 28.6 Å². The first-order chi connectivity index (χ1) is 12.0. The minimum atomic E-state index is -0.675. The summed E-state index contributed by atoms with van der Waals surface area (Å²) in [5.74, 6) is -0.675. The molecule has 1 aliphatic heterocycles. The fourth-order valence-corrected chi connectivity index (χ4v) is 3.66. The number of carbonyl (C=O) groups excluding carboxylic acids is 1. The second-order valence-corrected chi connectivity index (χ2v) is 8.04. The van der Waals surface area contributed by atoms with E-state index >= 15 is 0 Å². The molecule has 0 spiro atoms. The minimum Gasteiger partial charge on any atom is -0.453 e. The average Bonchev–Trinajstić information content (AvgIpc) is 2.87. The van der Waals surface area contributed by atoms with Crippen molar-refractivity contribution in [1.29, 1.82) is 0 Å². The van der Waals surface area contributed by atoms with Crippen LogP contribution in [0.1, 0.15) is 61.7 Å². The highest BCUT2D eigenvalue weighted by Crippen LogP contribution is 2.45. The fourth-order valence-electron chi connectivity index (χ4n) is 3.31. The summed E-state index contributed by atoms with van der Waals surface area (Å²) in [7, 11) is 0. The number of ether oxygens (including phenoxy) is 1. The van der Waals surface area contributed by atoms with Gasteiger partial charge in [0.25, 0.3) is 11.3 Å². The number of pyridine rings is 1. The second-order valence-electron chi connectivity index (χ2n) is 7.55. The zero-order chi connectivity index (χ0) is 19.4. The topological polar surface area (TPSA) is 102 Å². The maximum Gasteiger partial charge on any atom is 0.344 e. The molecule has 2 aliphatic rings. The van der Waals surface area contributed by atoms with Crippen molar-refractivity contribution in [3.63, 3.8) is 0 Å². The number of H-pyrrole nitrogens is 1. The Kier molecular flexibility index (Phi) is 4.18. The van der Waals surface area contributed by atoms with Crippen LogP contribution >= 0.6 is 12.2 Å². The highest BCUT2D eigenvalue weighted by molar-refractivity contribution is 7.80. The monoisotopic (exact) mass is 374 g/mol. The van der Waals surface area contributed by atoms with Crippen molar-refractivity contribution in [3.8, 4) is 0 Å². The standard InChI is InChI=1S/C18H18N2O5S/c1-8-5-12(26)11(20(23)24)6-9(8)10-7-19-16(21)14-13(10)15(18(2,3)4)25-17(14)22/h6-7,15H,5H2,1-4H3,(H,19,21). The molecular formula is C18H18N2O5S. The first-order valence-corrected chi connectivity index (χ1v) is 8.49. The summed E-state index contributed by atoms with van der Waals surface area (Å²) < 4.78 is 5.48. The summed E-state index contributed by atoms with van der Waals surface area (Å²) in [6.45, 7) is 7.54. The van der Waals surface area contributed by atoms with E-state index in [9.17, 15) is 19.7 Å². The van der Waals surface area contributed by atoms with Gasteiger partial charge in [0.2, 0.25) is 0 Å². The molecule has 8 heteroatoms. The number of aromatic nitrogens is 1. The van der Waals surface area contributed by atoms with E-state index in [0.29, 0.717) is 16.7 Å². The summed E-state index contributed by atoms with van der Waals surface area (Å²) in [5.41, 5.74) is 1.32. The van der Waals surface area contributed by atoms with Gasteiger partial charge in [0.15, 0.2) is 0 Å². The van der Waals surface area contributed by atoms with Gasteiger partial charge in [0.05, 0.1) is 9.79 Å². The number of nitro groups is 1. The number of carbonyl (C=O) groups is 1. The van der Waals surface area contributed by atoms with Crippen LogP contribution in [0.4, 0.5) is 0 Å². The molecule has 136 valence electrons. The molecule has 0 saturated heterocycles. The number of thiocarbonyl (C=S) groups is 1. The van der Waals surface area contributed by atoms with Crippen molar-refractivity contribution < 1.29 is 14.5 Å². The largest absolute Gasteiger partial charge is 0.453 e. The molecule has 2 heterocycles. The molecule has 0 amide bonds. The van der Waals surface area contributed by atoms with Crippen molar-refractivity contribution in [1.82, 2.24) is 4.98 Å². The Labute approximate surface area is 154 Å². The van der Waals surface area contributed by atoms with Crippen LogP contribution in [-0.2, 0) is 4.74 Å². The molecule has 1 atom stereocenters. The predicted molar refractivity (Wildman–Crippen MR) is 99.6 cm³/mol. The number of nitrogens with zero attached hydrogens (tertiary/aromatic N) is 1. The fraction of sp³-hybridized carbons (Fsp3) is 0.389. The molecule has 0 radical (unpaired) electrons. The van der Waals surface area contributed by atoms with Crippen LogP contribution in [0.5, 0.6) is 0 Å². The lowest BCUT2D eigenvalue weighted by molar-refractivity contribution is -0.414. The lowest BCUT2D eigenvalue weighted by atomic mass is 9.80. The summed E-state index contributed by atoms with van der Waals surface area (Å²) in [6, 6.07) is 0. The highest BCUT2D eigenvalue weighted by Gasteiger charge is 2.43. The summed E-state index contributed by atoms with van der Waals surface area (Å²) in [5, 5.41) is 11.3. The zero-order valence-electron chi connectivity index (χ0n) is 14.8. The number of hydrogen-bond acceptors (Lipinski definition) is 6. The van der Waals surface area contributed by atoms with Gasteiger partial charge in [-0.05, 0) is 12.5 Å². The molecule has 0 aromatic carbocycles. The van der Waals surface area contributed by atoms with Crippen LogP contribution in [0.3, 0.4) is 0 Å². The number of esters is 1. The van der Waals surface area contributed by atoms with E-state index in [1.165, 1.54) is 12.3 Å². The minimum absolute atomic E-state index is 0.0353. The van der Waals surface area contributed by atoms with E-state index < -0.39 is 28.0 Å². The zero-order valence-corrected chi connectivity index (χ0v) is 15.7. The quantitative estimate of drug-likeness (QED) is 0.369. The normalized spacial score (nSPS) is 20.0. The Morgan fingerprint density at radius 1 is 1.35 bits per heavy atom. The van der Waals surface area contributed by atoms with Gasteiger partial charge >= 0.3 is 5.97 Å². The lowest BCUT2D eigenvalue weighted by Crippen LogP contribution is -2.22. The van der Waals surface area contributed by atoms with Gasteiger partial charge < -0.3 is 9.72 Å². The summed E-state index contributed by atoms with van der Waals surface area (Å²) in [6.07, 6.45) is 2.56. The molecule has 1 aliphatic carbocycles. The van der Waals surface area contributed by atoms with Crippen molar-refractivity contribution in [2.45, 2.75) is 40.2 Å². The number of cyclic esters (lactones) is 1. The maximum absolute atomic E-state index is 12.3. The molecule has 1 aromatic heterocycles. The molecule has 1 unspecified atom stereocenters. The van der Waals surface area contributed by atoms with E-state index in [0.717, 1.165) is 5.57 Å². The molecule has 0 saturated carbocycles. The third-order valence-electron chi connectivity index (χ3n) is 4.55. The number of hydrogen-bond donors (Lipinski definition) is 1. The summed E-state index contributed by atoms with van der Waals surface area (Å²) >= 11 is 5.12. The molecule has 1 N–H and O–H groups in total. The molecular weight excluding hydrogens is 356 g/mol. The number of allylic oxidation sites excluding steroid dienone is 4. The van der Waals surface area contributed by atoms with Gasteiger partial charge in [0.1, 0.15) is 11.7 Å². The van der Waals surface area contributed by atoms with Crippen LogP contribution in [0.2, 0.25) is 0 Å². The average molecular weight is 374 g/mol. The third-order valence-corrected chi connectivity index (χ3v) is 4.90. The first kappa shape index (κ1) is 18.2. The SMILES string of the molecule is CC1=C(c2c[nH]c(=O)c3c2C(C(C)(C)C)OC3=O)C=C([N+](=O)[O-])C(=S)C1. The molecule has 7 nitrogen and oxygen atoms in total.